The molecule has 2 rings (SSSR count). The van der Waals surface area contributed by atoms with Crippen LogP contribution in [0.15, 0.2) is 24.3 Å². The minimum Gasteiger partial charge on any atom is -0.334 e. The third kappa shape index (κ3) is 4.21. The molecule has 0 saturated carbocycles. The van der Waals surface area contributed by atoms with Crippen molar-refractivity contribution in [3.63, 3.8) is 0 Å². The summed E-state index contributed by atoms with van der Waals surface area (Å²) in [6.07, 6.45) is 2.10. The van der Waals surface area contributed by atoms with E-state index in [9.17, 15) is 4.79 Å². The van der Waals surface area contributed by atoms with Gasteiger partial charge in [0, 0.05) is 24.7 Å². The van der Waals surface area contributed by atoms with Gasteiger partial charge in [0.2, 0.25) is 0 Å². The molecule has 0 bridgehead atoms. The van der Waals surface area contributed by atoms with Crippen LogP contribution in [0.4, 0.5) is 0 Å². The van der Waals surface area contributed by atoms with Crippen LogP contribution in [-0.4, -0.2) is 29.9 Å². The summed E-state index contributed by atoms with van der Waals surface area (Å²) in [6.45, 7) is 7.94. The van der Waals surface area contributed by atoms with Gasteiger partial charge in [-0.2, -0.15) is 0 Å². The maximum atomic E-state index is 12.6. The first kappa shape index (κ1) is 18.0. The lowest BCUT2D eigenvalue weighted by Gasteiger charge is -2.38. The van der Waals surface area contributed by atoms with Crippen LogP contribution in [0.2, 0.25) is 0 Å². The molecule has 0 aromatic heterocycles. The number of carbonyl (C=O) groups excluding carboxylic acids is 1. The van der Waals surface area contributed by atoms with Crippen LogP contribution in [0.1, 0.15) is 55.5 Å². The number of piperidine rings is 1. The Kier molecular flexibility index (Phi) is 6.69. The number of nitrogens with two attached hydrogens (primary N) is 1. The third-order valence-corrected chi connectivity index (χ3v) is 4.34. The van der Waals surface area contributed by atoms with E-state index in [1.165, 1.54) is 5.56 Å². The zero-order valence-electron chi connectivity index (χ0n) is 13.2. The molecule has 1 heterocycles. The molecule has 1 saturated heterocycles. The molecule has 2 unspecified atom stereocenters. The molecule has 0 aliphatic carbocycles. The largest absolute Gasteiger partial charge is 0.334 e. The fraction of sp³-hybridized carbons (Fsp3) is 0.588. The summed E-state index contributed by atoms with van der Waals surface area (Å²) in [5.41, 5.74) is 7.89. The van der Waals surface area contributed by atoms with E-state index in [0.29, 0.717) is 18.4 Å². The van der Waals surface area contributed by atoms with Crippen LogP contribution in [-0.2, 0) is 0 Å². The summed E-state index contributed by atoms with van der Waals surface area (Å²) in [5, 5.41) is 0. The molecular weight excluding hydrogens is 284 g/mol. The van der Waals surface area contributed by atoms with Crippen molar-refractivity contribution in [1.29, 1.82) is 0 Å². The molecule has 1 aliphatic rings. The maximum Gasteiger partial charge on any atom is 0.254 e. The van der Waals surface area contributed by atoms with Gasteiger partial charge in [-0.25, -0.2) is 0 Å². The van der Waals surface area contributed by atoms with E-state index in [0.717, 1.165) is 24.9 Å². The molecule has 4 heteroatoms. The second-order valence-electron chi connectivity index (χ2n) is 6.29. The molecule has 1 aromatic carbocycles. The summed E-state index contributed by atoms with van der Waals surface area (Å²) in [6, 6.07) is 8.20. The number of likely N-dealkylation sites (tertiary alicyclic amines) is 1. The van der Waals surface area contributed by atoms with Gasteiger partial charge in [-0.3, -0.25) is 4.79 Å². The van der Waals surface area contributed by atoms with Crippen LogP contribution in [0.5, 0.6) is 0 Å². The number of halogens is 1. The quantitative estimate of drug-likeness (QED) is 0.929. The Bertz CT molecular complexity index is 458. The molecule has 0 radical (unpaired) electrons. The van der Waals surface area contributed by atoms with Crippen molar-refractivity contribution in [2.75, 3.05) is 13.1 Å². The fourth-order valence-electron chi connectivity index (χ4n) is 2.92. The minimum absolute atomic E-state index is 0. The summed E-state index contributed by atoms with van der Waals surface area (Å²) in [5.74, 6) is 1.28. The molecule has 1 aliphatic heterocycles. The molecule has 1 fully saturated rings. The monoisotopic (exact) mass is 310 g/mol. The van der Waals surface area contributed by atoms with Gasteiger partial charge in [0.15, 0.2) is 0 Å². The highest BCUT2D eigenvalue weighted by Gasteiger charge is 2.29. The second-order valence-corrected chi connectivity index (χ2v) is 6.29. The first-order chi connectivity index (χ1) is 9.52. The molecular formula is C17H27ClN2O. The first-order valence-electron chi connectivity index (χ1n) is 7.64. The van der Waals surface area contributed by atoms with E-state index in [-0.39, 0.29) is 24.4 Å². The minimum atomic E-state index is 0. The Morgan fingerprint density at radius 1 is 1.33 bits per heavy atom. The van der Waals surface area contributed by atoms with Crippen molar-refractivity contribution in [2.24, 2.45) is 11.7 Å². The summed E-state index contributed by atoms with van der Waals surface area (Å²) in [7, 11) is 0. The number of nitrogens with zero attached hydrogens (tertiary/aromatic N) is 1. The molecule has 1 amide bonds. The van der Waals surface area contributed by atoms with Gasteiger partial charge in [-0.15, -0.1) is 12.4 Å². The maximum absolute atomic E-state index is 12.6. The Morgan fingerprint density at radius 3 is 2.48 bits per heavy atom. The van der Waals surface area contributed by atoms with Crippen molar-refractivity contribution < 1.29 is 4.79 Å². The van der Waals surface area contributed by atoms with Crippen molar-refractivity contribution in [3.05, 3.63) is 35.4 Å². The van der Waals surface area contributed by atoms with Gasteiger partial charge < -0.3 is 10.6 Å². The summed E-state index contributed by atoms with van der Waals surface area (Å²) < 4.78 is 0. The van der Waals surface area contributed by atoms with Crippen LogP contribution in [0, 0.1) is 5.92 Å². The van der Waals surface area contributed by atoms with Crippen molar-refractivity contribution >= 4 is 18.3 Å². The third-order valence-electron chi connectivity index (χ3n) is 4.34. The Morgan fingerprint density at radius 2 is 1.95 bits per heavy atom. The average Bonchev–Trinajstić information content (AvgIpc) is 2.46. The Hall–Kier alpha value is -1.06. The molecule has 1 aromatic rings. The highest BCUT2D eigenvalue weighted by molar-refractivity contribution is 5.94. The van der Waals surface area contributed by atoms with Gasteiger partial charge in [0.1, 0.15) is 0 Å². The number of benzene rings is 1. The predicted octanol–water partition coefficient (Wildman–Crippen LogP) is 3.43. The van der Waals surface area contributed by atoms with E-state index in [2.05, 4.69) is 32.9 Å². The number of rotatable bonds is 3. The molecule has 2 N–H and O–H groups in total. The molecule has 118 valence electrons. The van der Waals surface area contributed by atoms with Gasteiger partial charge in [0.05, 0.1) is 0 Å². The fourth-order valence-corrected chi connectivity index (χ4v) is 2.92. The lowest BCUT2D eigenvalue weighted by Crippen LogP contribution is -2.49. The SMILES string of the molecule is CC1CCN(C(=O)c2ccc(C(C)C)cc2)C(CN)C1.Cl. The molecule has 0 spiro atoms. The standard InChI is InChI=1S/C17H26N2O.ClH/c1-12(2)14-4-6-15(7-5-14)17(20)19-9-8-13(3)10-16(19)11-18;/h4-7,12-13,16H,8-11,18H2,1-3H3;1H. The molecule has 3 nitrogen and oxygen atoms in total. The lowest BCUT2D eigenvalue weighted by molar-refractivity contribution is 0.0573. The summed E-state index contributed by atoms with van der Waals surface area (Å²) in [4.78, 5) is 14.6. The highest BCUT2D eigenvalue weighted by atomic mass is 35.5. The highest BCUT2D eigenvalue weighted by Crippen LogP contribution is 2.24. The van der Waals surface area contributed by atoms with Crippen molar-refractivity contribution in [2.45, 2.75) is 45.6 Å². The molecule has 2 atom stereocenters. The zero-order valence-corrected chi connectivity index (χ0v) is 14.0. The van der Waals surface area contributed by atoms with Gasteiger partial charge in [-0.05, 0) is 42.4 Å². The van der Waals surface area contributed by atoms with Gasteiger partial charge >= 0.3 is 0 Å². The van der Waals surface area contributed by atoms with Gasteiger partial charge in [-0.1, -0.05) is 32.9 Å². The Balaban J connectivity index is 0.00000220. The summed E-state index contributed by atoms with van der Waals surface area (Å²) >= 11 is 0. The van der Waals surface area contributed by atoms with E-state index in [1.807, 2.05) is 17.0 Å². The van der Waals surface area contributed by atoms with E-state index in [4.69, 9.17) is 5.73 Å². The van der Waals surface area contributed by atoms with Crippen LogP contribution >= 0.6 is 12.4 Å². The van der Waals surface area contributed by atoms with Gasteiger partial charge in [0.25, 0.3) is 5.91 Å². The average molecular weight is 311 g/mol. The van der Waals surface area contributed by atoms with Crippen molar-refractivity contribution in [3.8, 4) is 0 Å². The normalized spacial score (nSPS) is 22.0. The van der Waals surface area contributed by atoms with Crippen LogP contribution in [0.3, 0.4) is 0 Å². The number of hydrogen-bond donors (Lipinski definition) is 1. The van der Waals surface area contributed by atoms with E-state index in [1.54, 1.807) is 0 Å². The number of amides is 1. The smallest absolute Gasteiger partial charge is 0.254 e. The predicted molar refractivity (Wildman–Crippen MR) is 90.1 cm³/mol. The topological polar surface area (TPSA) is 46.3 Å². The van der Waals surface area contributed by atoms with Crippen LogP contribution < -0.4 is 5.73 Å². The lowest BCUT2D eigenvalue weighted by atomic mass is 9.91. The number of carbonyl (C=O) groups is 1. The molecule has 21 heavy (non-hydrogen) atoms. The van der Waals surface area contributed by atoms with Crippen molar-refractivity contribution in [1.82, 2.24) is 4.90 Å². The van der Waals surface area contributed by atoms with E-state index >= 15 is 0 Å². The second kappa shape index (κ2) is 7.81. The zero-order chi connectivity index (χ0) is 14.7. The Labute approximate surface area is 134 Å². The van der Waals surface area contributed by atoms with Crippen LogP contribution in [0.25, 0.3) is 0 Å². The van der Waals surface area contributed by atoms with E-state index < -0.39 is 0 Å². The first-order valence-corrected chi connectivity index (χ1v) is 7.64. The number of hydrogen-bond acceptors (Lipinski definition) is 2.